The van der Waals surface area contributed by atoms with Crippen molar-refractivity contribution < 1.29 is 0 Å². The lowest BCUT2D eigenvalue weighted by Crippen LogP contribution is -2.44. The SMILES string of the molecule is CC(C)n1c(=O)ccc2cnc(Nc3ccc(N4CCN(C)CC4)cc3)nc21. The molecular formula is C21H26N6O. The Hall–Kier alpha value is -2.93. The fraction of sp³-hybridized carbons (Fsp3) is 0.381. The Morgan fingerprint density at radius 3 is 2.39 bits per heavy atom. The van der Waals surface area contributed by atoms with E-state index in [9.17, 15) is 4.79 Å². The van der Waals surface area contributed by atoms with Gasteiger partial charge in [-0.25, -0.2) is 4.98 Å². The van der Waals surface area contributed by atoms with Crippen LogP contribution in [0.15, 0.2) is 47.4 Å². The van der Waals surface area contributed by atoms with E-state index in [0.29, 0.717) is 11.6 Å². The highest BCUT2D eigenvalue weighted by atomic mass is 16.1. The summed E-state index contributed by atoms with van der Waals surface area (Å²) in [7, 11) is 2.16. The molecule has 7 heteroatoms. The molecule has 0 saturated carbocycles. The highest BCUT2D eigenvalue weighted by Crippen LogP contribution is 2.22. The van der Waals surface area contributed by atoms with E-state index < -0.39 is 0 Å². The first-order chi connectivity index (χ1) is 13.5. The van der Waals surface area contributed by atoms with Crippen LogP contribution in [0.25, 0.3) is 11.0 Å². The summed E-state index contributed by atoms with van der Waals surface area (Å²) in [6.45, 7) is 8.22. The summed E-state index contributed by atoms with van der Waals surface area (Å²) < 4.78 is 1.69. The van der Waals surface area contributed by atoms with Crippen LogP contribution in [0.3, 0.4) is 0 Å². The number of piperazine rings is 1. The van der Waals surface area contributed by atoms with Crippen molar-refractivity contribution >= 4 is 28.4 Å². The van der Waals surface area contributed by atoms with E-state index in [4.69, 9.17) is 0 Å². The molecule has 0 radical (unpaired) electrons. The summed E-state index contributed by atoms with van der Waals surface area (Å²) in [6.07, 6.45) is 1.75. The van der Waals surface area contributed by atoms with Gasteiger partial charge in [-0.2, -0.15) is 4.98 Å². The number of likely N-dealkylation sites (N-methyl/N-ethyl adjacent to an activating group) is 1. The number of nitrogens with one attached hydrogen (secondary N) is 1. The molecule has 28 heavy (non-hydrogen) atoms. The third kappa shape index (κ3) is 3.71. The number of fused-ring (bicyclic) bond motifs is 1. The van der Waals surface area contributed by atoms with Gasteiger partial charge in [0.2, 0.25) is 5.95 Å². The van der Waals surface area contributed by atoms with Crippen LogP contribution in [-0.4, -0.2) is 52.7 Å². The van der Waals surface area contributed by atoms with Gasteiger partial charge >= 0.3 is 0 Å². The van der Waals surface area contributed by atoms with Gasteiger partial charge in [0.05, 0.1) is 0 Å². The zero-order chi connectivity index (χ0) is 19.7. The number of anilines is 3. The molecular weight excluding hydrogens is 352 g/mol. The average Bonchev–Trinajstić information content (AvgIpc) is 2.69. The topological polar surface area (TPSA) is 66.3 Å². The Morgan fingerprint density at radius 1 is 1.00 bits per heavy atom. The molecule has 1 fully saturated rings. The minimum absolute atomic E-state index is 0.0295. The van der Waals surface area contributed by atoms with Gasteiger partial charge in [0.1, 0.15) is 5.65 Å². The molecule has 1 N–H and O–H groups in total. The standard InChI is InChI=1S/C21H26N6O/c1-15(2)27-19(28)9-4-16-14-22-21(24-20(16)27)23-17-5-7-18(8-6-17)26-12-10-25(3)11-13-26/h4-9,14-15H,10-13H2,1-3H3,(H,22,23,24). The van der Waals surface area contributed by atoms with E-state index in [-0.39, 0.29) is 11.6 Å². The fourth-order valence-corrected chi connectivity index (χ4v) is 3.55. The Balaban J connectivity index is 1.56. The van der Waals surface area contributed by atoms with Gasteiger partial charge < -0.3 is 15.1 Å². The first kappa shape index (κ1) is 18.4. The molecule has 1 saturated heterocycles. The summed E-state index contributed by atoms with van der Waals surface area (Å²) in [4.78, 5) is 26.0. The summed E-state index contributed by atoms with van der Waals surface area (Å²) >= 11 is 0. The van der Waals surface area contributed by atoms with Crippen LogP contribution >= 0.6 is 0 Å². The zero-order valence-corrected chi connectivity index (χ0v) is 16.6. The number of hydrogen-bond acceptors (Lipinski definition) is 6. The molecule has 2 aromatic heterocycles. The van der Waals surface area contributed by atoms with Gasteiger partial charge in [0.15, 0.2) is 0 Å². The van der Waals surface area contributed by atoms with E-state index in [1.165, 1.54) is 5.69 Å². The van der Waals surface area contributed by atoms with Crippen molar-refractivity contribution in [3.05, 3.63) is 52.9 Å². The van der Waals surface area contributed by atoms with Crippen LogP contribution in [-0.2, 0) is 0 Å². The second-order valence-corrected chi connectivity index (χ2v) is 7.57. The van der Waals surface area contributed by atoms with Crippen molar-refractivity contribution in [3.8, 4) is 0 Å². The maximum absolute atomic E-state index is 12.2. The van der Waals surface area contributed by atoms with Crippen LogP contribution in [0, 0.1) is 0 Å². The number of aromatic nitrogens is 3. The van der Waals surface area contributed by atoms with Crippen molar-refractivity contribution in [1.29, 1.82) is 0 Å². The number of benzene rings is 1. The second kappa shape index (κ2) is 7.59. The Labute approximate surface area is 164 Å². The predicted molar refractivity (Wildman–Crippen MR) is 114 cm³/mol. The quantitative estimate of drug-likeness (QED) is 0.753. The first-order valence-electron chi connectivity index (χ1n) is 9.70. The van der Waals surface area contributed by atoms with Crippen molar-refractivity contribution in [2.45, 2.75) is 19.9 Å². The highest BCUT2D eigenvalue weighted by Gasteiger charge is 2.14. The van der Waals surface area contributed by atoms with Gasteiger partial charge in [-0.05, 0) is 51.2 Å². The van der Waals surface area contributed by atoms with Crippen molar-refractivity contribution in [2.75, 3.05) is 43.4 Å². The lowest BCUT2D eigenvalue weighted by Gasteiger charge is -2.34. The normalized spacial score (nSPS) is 15.4. The van der Waals surface area contributed by atoms with E-state index in [1.807, 2.05) is 26.0 Å². The van der Waals surface area contributed by atoms with Crippen molar-refractivity contribution in [1.82, 2.24) is 19.4 Å². The molecule has 1 aromatic carbocycles. The molecule has 0 spiro atoms. The molecule has 3 aromatic rings. The molecule has 1 aliphatic heterocycles. The third-order valence-electron chi connectivity index (χ3n) is 5.18. The molecule has 146 valence electrons. The molecule has 7 nitrogen and oxygen atoms in total. The average molecular weight is 378 g/mol. The monoisotopic (exact) mass is 378 g/mol. The molecule has 0 amide bonds. The smallest absolute Gasteiger partial charge is 0.252 e. The summed E-state index contributed by atoms with van der Waals surface area (Å²) in [5.74, 6) is 0.486. The fourth-order valence-electron chi connectivity index (χ4n) is 3.55. The Kier molecular flexibility index (Phi) is 5.00. The number of hydrogen-bond donors (Lipinski definition) is 1. The molecule has 4 rings (SSSR count). The number of rotatable bonds is 4. The number of nitrogens with zero attached hydrogens (tertiary/aromatic N) is 5. The minimum Gasteiger partial charge on any atom is -0.369 e. The van der Waals surface area contributed by atoms with E-state index in [0.717, 1.165) is 37.3 Å². The van der Waals surface area contributed by atoms with Gasteiger partial charge in [0, 0.05) is 61.2 Å². The highest BCUT2D eigenvalue weighted by molar-refractivity contribution is 5.76. The molecule has 0 bridgehead atoms. The lowest BCUT2D eigenvalue weighted by atomic mass is 10.2. The van der Waals surface area contributed by atoms with Crippen molar-refractivity contribution in [3.63, 3.8) is 0 Å². The maximum atomic E-state index is 12.2. The Morgan fingerprint density at radius 2 is 1.71 bits per heavy atom. The zero-order valence-electron chi connectivity index (χ0n) is 16.6. The van der Waals surface area contributed by atoms with Gasteiger partial charge in [-0.15, -0.1) is 0 Å². The van der Waals surface area contributed by atoms with Crippen LogP contribution in [0.1, 0.15) is 19.9 Å². The van der Waals surface area contributed by atoms with Crippen LogP contribution in [0.5, 0.6) is 0 Å². The molecule has 3 heterocycles. The van der Waals surface area contributed by atoms with Crippen molar-refractivity contribution in [2.24, 2.45) is 0 Å². The maximum Gasteiger partial charge on any atom is 0.252 e. The van der Waals surface area contributed by atoms with E-state index in [1.54, 1.807) is 22.9 Å². The van der Waals surface area contributed by atoms with E-state index in [2.05, 4.69) is 44.3 Å². The Bertz CT molecular complexity index is 1020. The third-order valence-corrected chi connectivity index (χ3v) is 5.18. The second-order valence-electron chi connectivity index (χ2n) is 7.57. The summed E-state index contributed by atoms with van der Waals surface area (Å²) in [5.41, 5.74) is 2.75. The summed E-state index contributed by atoms with van der Waals surface area (Å²) in [5, 5.41) is 4.11. The largest absolute Gasteiger partial charge is 0.369 e. The van der Waals surface area contributed by atoms with Crippen LogP contribution in [0.2, 0.25) is 0 Å². The number of pyridine rings is 1. The molecule has 0 aliphatic carbocycles. The van der Waals surface area contributed by atoms with Gasteiger partial charge in [0.25, 0.3) is 5.56 Å². The predicted octanol–water partition coefficient (Wildman–Crippen LogP) is 2.87. The summed E-state index contributed by atoms with van der Waals surface area (Å²) in [6, 6.07) is 11.7. The molecule has 1 aliphatic rings. The molecule has 0 atom stereocenters. The van der Waals surface area contributed by atoms with E-state index >= 15 is 0 Å². The van der Waals surface area contributed by atoms with Gasteiger partial charge in [-0.3, -0.25) is 9.36 Å². The molecule has 0 unspecified atom stereocenters. The van der Waals surface area contributed by atoms with Crippen LogP contribution < -0.4 is 15.8 Å². The lowest BCUT2D eigenvalue weighted by molar-refractivity contribution is 0.313. The first-order valence-corrected chi connectivity index (χ1v) is 9.70. The van der Waals surface area contributed by atoms with Crippen LogP contribution in [0.4, 0.5) is 17.3 Å². The minimum atomic E-state index is -0.0521. The van der Waals surface area contributed by atoms with Gasteiger partial charge in [-0.1, -0.05) is 0 Å².